The van der Waals surface area contributed by atoms with E-state index in [1.54, 1.807) is 6.07 Å². The van der Waals surface area contributed by atoms with Crippen molar-refractivity contribution in [2.24, 2.45) is 0 Å². The standard InChI is InChI=1S/C20H30ClNO4/c1-2-3-9-17(20(26)16-14-15(21)11-12-18(16)23)22-13-8-6-4-5-7-10-19(24)25/h11-12,14,17,22-23H,2-10,13H2,1H3,(H,24,25). The molecule has 0 aromatic heterocycles. The number of benzene rings is 1. The van der Waals surface area contributed by atoms with Gasteiger partial charge in [-0.25, -0.2) is 0 Å². The molecule has 6 heteroatoms. The van der Waals surface area contributed by atoms with Crippen LogP contribution in [0.2, 0.25) is 5.02 Å². The van der Waals surface area contributed by atoms with Crippen molar-refractivity contribution in [3.63, 3.8) is 0 Å². The fraction of sp³-hybridized carbons (Fsp3) is 0.600. The van der Waals surface area contributed by atoms with Crippen molar-refractivity contribution in [2.45, 2.75) is 70.8 Å². The maximum absolute atomic E-state index is 12.8. The number of carboxylic acid groups (broad SMARTS) is 1. The van der Waals surface area contributed by atoms with Gasteiger partial charge in [-0.05, 0) is 44.0 Å². The zero-order chi connectivity index (χ0) is 19.4. The van der Waals surface area contributed by atoms with Crippen molar-refractivity contribution >= 4 is 23.4 Å². The van der Waals surface area contributed by atoms with Crippen LogP contribution in [0, 0.1) is 0 Å². The average Bonchev–Trinajstić information content (AvgIpc) is 2.61. The highest BCUT2D eigenvalue weighted by Crippen LogP contribution is 2.24. The number of halogens is 1. The fourth-order valence-corrected chi connectivity index (χ4v) is 3.01. The van der Waals surface area contributed by atoms with Crippen molar-refractivity contribution in [3.05, 3.63) is 28.8 Å². The maximum atomic E-state index is 12.8. The first-order valence-electron chi connectivity index (χ1n) is 9.43. The fourth-order valence-electron chi connectivity index (χ4n) is 2.84. The minimum Gasteiger partial charge on any atom is -0.507 e. The number of carbonyl (C=O) groups excluding carboxylic acids is 1. The van der Waals surface area contributed by atoms with Gasteiger partial charge in [0.2, 0.25) is 0 Å². The summed E-state index contributed by atoms with van der Waals surface area (Å²) in [6, 6.07) is 4.20. The Labute approximate surface area is 160 Å². The number of carbonyl (C=O) groups is 2. The molecule has 26 heavy (non-hydrogen) atoms. The average molecular weight is 384 g/mol. The van der Waals surface area contributed by atoms with E-state index in [1.165, 1.54) is 12.1 Å². The Bertz CT molecular complexity index is 577. The number of carboxylic acids is 1. The number of aromatic hydroxyl groups is 1. The summed E-state index contributed by atoms with van der Waals surface area (Å²) in [5.74, 6) is -0.908. The number of rotatable bonds is 14. The second-order valence-electron chi connectivity index (χ2n) is 6.59. The van der Waals surface area contributed by atoms with Crippen LogP contribution in [0.25, 0.3) is 0 Å². The van der Waals surface area contributed by atoms with Crippen molar-refractivity contribution in [2.75, 3.05) is 6.54 Å². The Kier molecular flexibility index (Phi) is 11.0. The molecule has 3 N–H and O–H groups in total. The Morgan fingerprint density at radius 2 is 1.81 bits per heavy atom. The molecule has 1 rings (SSSR count). The monoisotopic (exact) mass is 383 g/mol. The molecule has 1 aromatic rings. The quantitative estimate of drug-likeness (QED) is 0.317. The second kappa shape index (κ2) is 12.7. The summed E-state index contributed by atoms with van der Waals surface area (Å²) in [6.45, 7) is 2.80. The lowest BCUT2D eigenvalue weighted by Crippen LogP contribution is -2.37. The first kappa shape index (κ1) is 22.5. The molecule has 0 saturated heterocycles. The molecule has 5 nitrogen and oxygen atoms in total. The highest BCUT2D eigenvalue weighted by atomic mass is 35.5. The first-order valence-corrected chi connectivity index (χ1v) is 9.81. The molecule has 0 fully saturated rings. The Hall–Kier alpha value is -1.59. The van der Waals surface area contributed by atoms with Gasteiger partial charge >= 0.3 is 5.97 Å². The number of hydrogen-bond donors (Lipinski definition) is 3. The number of nitrogens with one attached hydrogen (secondary N) is 1. The third-order valence-corrected chi connectivity index (χ3v) is 4.58. The highest BCUT2D eigenvalue weighted by molar-refractivity contribution is 6.31. The van der Waals surface area contributed by atoms with Crippen LogP contribution in [0.1, 0.15) is 75.1 Å². The summed E-state index contributed by atoms with van der Waals surface area (Å²) in [6.07, 6.45) is 7.45. The predicted octanol–water partition coefficient (Wildman–Crippen LogP) is 4.80. The Morgan fingerprint density at radius 1 is 1.12 bits per heavy atom. The van der Waals surface area contributed by atoms with E-state index in [-0.39, 0.29) is 29.6 Å². The number of Topliss-reactive ketones (excluding diaryl/α,β-unsaturated/α-hetero) is 1. The van der Waals surface area contributed by atoms with Crippen molar-refractivity contribution < 1.29 is 19.8 Å². The Balaban J connectivity index is 2.45. The molecule has 0 bridgehead atoms. The topological polar surface area (TPSA) is 86.6 Å². The molecular formula is C20H30ClNO4. The van der Waals surface area contributed by atoms with Crippen LogP contribution in [-0.4, -0.2) is 34.6 Å². The summed E-state index contributed by atoms with van der Waals surface area (Å²) < 4.78 is 0. The molecule has 0 spiro atoms. The van der Waals surface area contributed by atoms with Gasteiger partial charge < -0.3 is 15.5 Å². The predicted molar refractivity (Wildman–Crippen MR) is 104 cm³/mol. The van der Waals surface area contributed by atoms with E-state index in [1.807, 2.05) is 0 Å². The van der Waals surface area contributed by atoms with Crippen molar-refractivity contribution in [1.29, 1.82) is 0 Å². The summed E-state index contributed by atoms with van der Waals surface area (Å²) >= 11 is 5.96. The number of hydrogen-bond acceptors (Lipinski definition) is 4. The molecule has 1 unspecified atom stereocenters. The highest BCUT2D eigenvalue weighted by Gasteiger charge is 2.21. The van der Waals surface area contributed by atoms with Crippen molar-refractivity contribution in [1.82, 2.24) is 5.32 Å². The summed E-state index contributed by atoms with van der Waals surface area (Å²) in [4.78, 5) is 23.2. The molecule has 0 radical (unpaired) electrons. The lowest BCUT2D eigenvalue weighted by molar-refractivity contribution is -0.137. The molecule has 0 heterocycles. The number of phenols is 1. The van der Waals surface area contributed by atoms with Crippen LogP contribution < -0.4 is 5.32 Å². The van der Waals surface area contributed by atoms with Crippen LogP contribution in [0.4, 0.5) is 0 Å². The van der Waals surface area contributed by atoms with E-state index in [0.29, 0.717) is 11.4 Å². The van der Waals surface area contributed by atoms with Gasteiger partial charge in [-0.1, -0.05) is 50.6 Å². The van der Waals surface area contributed by atoms with E-state index in [9.17, 15) is 14.7 Å². The third kappa shape index (κ3) is 8.68. The van der Waals surface area contributed by atoms with Crippen LogP contribution in [0.15, 0.2) is 18.2 Å². The molecule has 0 aliphatic carbocycles. The van der Waals surface area contributed by atoms with Gasteiger partial charge in [-0.2, -0.15) is 0 Å². The van der Waals surface area contributed by atoms with Gasteiger partial charge in [0, 0.05) is 11.4 Å². The summed E-state index contributed by atoms with van der Waals surface area (Å²) in [7, 11) is 0. The Morgan fingerprint density at radius 3 is 2.50 bits per heavy atom. The number of unbranched alkanes of at least 4 members (excludes halogenated alkanes) is 5. The SMILES string of the molecule is CCCCC(NCCCCCCCC(=O)O)C(=O)c1cc(Cl)ccc1O. The zero-order valence-electron chi connectivity index (χ0n) is 15.5. The van der Waals surface area contributed by atoms with Gasteiger partial charge in [-0.3, -0.25) is 9.59 Å². The van der Waals surface area contributed by atoms with Gasteiger partial charge in [0.15, 0.2) is 5.78 Å². The summed E-state index contributed by atoms with van der Waals surface area (Å²) in [5.41, 5.74) is 0.264. The number of phenolic OH excluding ortho intramolecular Hbond substituents is 1. The van der Waals surface area contributed by atoms with E-state index in [2.05, 4.69) is 12.2 Å². The maximum Gasteiger partial charge on any atom is 0.303 e. The van der Waals surface area contributed by atoms with Gasteiger partial charge in [-0.15, -0.1) is 0 Å². The molecule has 0 saturated carbocycles. The lowest BCUT2D eigenvalue weighted by atomic mass is 9.98. The van der Waals surface area contributed by atoms with E-state index in [4.69, 9.17) is 16.7 Å². The van der Waals surface area contributed by atoms with Crippen molar-refractivity contribution in [3.8, 4) is 5.75 Å². The molecular weight excluding hydrogens is 354 g/mol. The van der Waals surface area contributed by atoms with E-state index in [0.717, 1.165) is 51.5 Å². The summed E-state index contributed by atoms with van der Waals surface area (Å²) in [5, 5.41) is 22.3. The van der Waals surface area contributed by atoms with Crippen LogP contribution in [-0.2, 0) is 4.79 Å². The van der Waals surface area contributed by atoms with Crippen LogP contribution in [0.3, 0.4) is 0 Å². The van der Waals surface area contributed by atoms with Crippen LogP contribution >= 0.6 is 11.6 Å². The minimum absolute atomic E-state index is 0.0406. The van der Waals surface area contributed by atoms with Gasteiger partial charge in [0.25, 0.3) is 0 Å². The number of aliphatic carboxylic acids is 1. The smallest absolute Gasteiger partial charge is 0.303 e. The molecule has 1 aromatic carbocycles. The molecule has 0 aliphatic heterocycles. The normalized spacial score (nSPS) is 12.1. The van der Waals surface area contributed by atoms with E-state index < -0.39 is 5.97 Å². The third-order valence-electron chi connectivity index (χ3n) is 4.35. The lowest BCUT2D eigenvalue weighted by Gasteiger charge is -2.18. The molecule has 0 aliphatic rings. The molecule has 0 amide bonds. The van der Waals surface area contributed by atoms with Crippen LogP contribution in [0.5, 0.6) is 5.75 Å². The second-order valence-corrected chi connectivity index (χ2v) is 7.02. The largest absolute Gasteiger partial charge is 0.507 e. The number of ketones is 1. The molecule has 146 valence electrons. The zero-order valence-corrected chi connectivity index (χ0v) is 16.2. The van der Waals surface area contributed by atoms with E-state index >= 15 is 0 Å². The van der Waals surface area contributed by atoms with Gasteiger partial charge in [0.1, 0.15) is 5.75 Å². The van der Waals surface area contributed by atoms with Gasteiger partial charge in [0.05, 0.1) is 11.6 Å². The first-order chi connectivity index (χ1) is 12.5. The molecule has 1 atom stereocenters. The minimum atomic E-state index is -0.742.